The summed E-state index contributed by atoms with van der Waals surface area (Å²) in [7, 11) is 0. The molecular formula is C24H33N5O4. The topological polar surface area (TPSA) is 131 Å². The van der Waals surface area contributed by atoms with Gasteiger partial charge in [0.2, 0.25) is 23.6 Å². The van der Waals surface area contributed by atoms with Crippen LogP contribution in [-0.2, 0) is 14.4 Å². The molecule has 3 N–H and O–H groups in total. The van der Waals surface area contributed by atoms with E-state index in [0.717, 1.165) is 18.3 Å². The molecule has 0 radical (unpaired) electrons. The highest BCUT2D eigenvalue weighted by atomic mass is 16.4. The minimum atomic E-state index is -0.817. The fourth-order valence-electron chi connectivity index (χ4n) is 4.07. The van der Waals surface area contributed by atoms with Crippen molar-refractivity contribution in [2.24, 2.45) is 17.6 Å². The number of hydrogen-bond donors (Lipinski definition) is 2. The van der Waals surface area contributed by atoms with Crippen LogP contribution in [0.25, 0.3) is 11.5 Å². The average molecular weight is 456 g/mol. The highest BCUT2D eigenvalue weighted by molar-refractivity contribution is 5.90. The number of carbonyl (C=O) groups excluding carboxylic acids is 3. The number of nitrogens with one attached hydrogen (secondary N) is 1. The van der Waals surface area contributed by atoms with E-state index in [1.54, 1.807) is 4.90 Å². The van der Waals surface area contributed by atoms with Gasteiger partial charge < -0.3 is 25.2 Å². The third kappa shape index (κ3) is 5.47. The summed E-state index contributed by atoms with van der Waals surface area (Å²) < 4.78 is 5.79. The van der Waals surface area contributed by atoms with Crippen molar-refractivity contribution in [2.45, 2.75) is 64.6 Å². The molecule has 9 heteroatoms. The number of aromatic nitrogens is 2. The van der Waals surface area contributed by atoms with Crippen molar-refractivity contribution >= 4 is 18.1 Å². The highest BCUT2D eigenvalue weighted by Gasteiger charge is 2.39. The zero-order chi connectivity index (χ0) is 24.1. The fourth-order valence-corrected chi connectivity index (χ4v) is 4.07. The van der Waals surface area contributed by atoms with Gasteiger partial charge in [0.25, 0.3) is 0 Å². The lowest BCUT2D eigenvalue weighted by atomic mass is 9.90. The Labute approximate surface area is 194 Å². The standard InChI is InChI=1S/C24H33N5O4/c1-14(2)19(25)24(32)29-12-8-11-18(29)21(31)26-20(15(3)4)17(13-30)23-28-27-22(33-23)16-9-6-5-7-10-16/h5-7,9-10,13-15,17-20H,8,11-12,25H2,1-4H3,(H,26,31). The first kappa shape index (κ1) is 24.6. The molecule has 1 aromatic heterocycles. The van der Waals surface area contributed by atoms with E-state index in [-0.39, 0.29) is 29.5 Å². The molecule has 1 aliphatic rings. The smallest absolute Gasteiger partial charge is 0.247 e. The van der Waals surface area contributed by atoms with Crippen molar-refractivity contribution < 1.29 is 18.8 Å². The van der Waals surface area contributed by atoms with Crippen LogP contribution >= 0.6 is 0 Å². The van der Waals surface area contributed by atoms with Crippen molar-refractivity contribution in [1.82, 2.24) is 20.4 Å². The van der Waals surface area contributed by atoms with Gasteiger partial charge in [-0.3, -0.25) is 9.59 Å². The van der Waals surface area contributed by atoms with E-state index in [2.05, 4.69) is 15.5 Å². The van der Waals surface area contributed by atoms with Gasteiger partial charge in [0.1, 0.15) is 18.2 Å². The van der Waals surface area contributed by atoms with Crippen molar-refractivity contribution in [3.63, 3.8) is 0 Å². The molecule has 2 heterocycles. The lowest BCUT2D eigenvalue weighted by molar-refractivity contribution is -0.140. The zero-order valence-electron chi connectivity index (χ0n) is 19.6. The van der Waals surface area contributed by atoms with Gasteiger partial charge in [-0.15, -0.1) is 10.2 Å². The zero-order valence-corrected chi connectivity index (χ0v) is 19.6. The average Bonchev–Trinajstić information content (AvgIpc) is 3.48. The normalized spacial score (nSPS) is 18.9. The quantitative estimate of drug-likeness (QED) is 0.554. The van der Waals surface area contributed by atoms with Crippen molar-refractivity contribution in [3.8, 4) is 11.5 Å². The second-order valence-corrected chi connectivity index (χ2v) is 9.21. The summed E-state index contributed by atoms with van der Waals surface area (Å²) in [5, 5.41) is 11.1. The van der Waals surface area contributed by atoms with Crippen molar-refractivity contribution in [3.05, 3.63) is 36.2 Å². The minimum Gasteiger partial charge on any atom is -0.420 e. The van der Waals surface area contributed by atoms with Crippen molar-refractivity contribution in [1.29, 1.82) is 0 Å². The number of benzene rings is 1. The third-order valence-electron chi connectivity index (χ3n) is 6.15. The van der Waals surface area contributed by atoms with Gasteiger partial charge in [-0.1, -0.05) is 45.9 Å². The van der Waals surface area contributed by atoms with Crippen molar-refractivity contribution in [2.75, 3.05) is 6.54 Å². The molecule has 1 aliphatic heterocycles. The first-order valence-corrected chi connectivity index (χ1v) is 11.4. The Bertz CT molecular complexity index is 959. The van der Waals surface area contributed by atoms with Crippen LogP contribution in [0.3, 0.4) is 0 Å². The number of likely N-dealkylation sites (tertiary alicyclic amines) is 1. The van der Waals surface area contributed by atoms with Gasteiger partial charge >= 0.3 is 0 Å². The number of rotatable bonds is 9. The van der Waals surface area contributed by atoms with Gasteiger partial charge in [0.15, 0.2) is 0 Å². The van der Waals surface area contributed by atoms with Gasteiger partial charge in [-0.05, 0) is 36.8 Å². The maximum absolute atomic E-state index is 13.2. The lowest BCUT2D eigenvalue weighted by Gasteiger charge is -2.31. The Morgan fingerprint density at radius 3 is 2.45 bits per heavy atom. The molecule has 1 aromatic carbocycles. The Kier molecular flexibility index (Phi) is 7.97. The van der Waals surface area contributed by atoms with E-state index in [0.29, 0.717) is 18.9 Å². The van der Waals surface area contributed by atoms with E-state index in [9.17, 15) is 14.4 Å². The summed E-state index contributed by atoms with van der Waals surface area (Å²) in [5.41, 5.74) is 6.79. The van der Waals surface area contributed by atoms with Gasteiger partial charge in [-0.25, -0.2) is 0 Å². The van der Waals surface area contributed by atoms with Gasteiger partial charge in [-0.2, -0.15) is 0 Å². The molecule has 4 atom stereocenters. The Balaban J connectivity index is 1.78. The van der Waals surface area contributed by atoms with E-state index in [1.807, 2.05) is 58.0 Å². The maximum Gasteiger partial charge on any atom is 0.247 e. The molecule has 2 aromatic rings. The molecule has 0 bridgehead atoms. The number of nitrogens with two attached hydrogens (primary N) is 1. The molecule has 4 unspecified atom stereocenters. The summed E-state index contributed by atoms with van der Waals surface area (Å²) in [6.45, 7) is 8.06. The SMILES string of the molecule is CC(C)C(N)C(=O)N1CCCC1C(=O)NC(C(C)C)C(C=O)c1nnc(-c2ccccc2)o1. The molecule has 1 saturated heterocycles. The van der Waals surface area contributed by atoms with E-state index < -0.39 is 24.0 Å². The largest absolute Gasteiger partial charge is 0.420 e. The molecule has 33 heavy (non-hydrogen) atoms. The summed E-state index contributed by atoms with van der Waals surface area (Å²) in [6.07, 6.45) is 2.00. The number of hydrogen-bond acceptors (Lipinski definition) is 7. The molecule has 0 aliphatic carbocycles. The number of nitrogens with zero attached hydrogens (tertiary/aromatic N) is 3. The first-order valence-electron chi connectivity index (χ1n) is 11.4. The van der Waals surface area contributed by atoms with Crippen LogP contribution in [0, 0.1) is 11.8 Å². The van der Waals surface area contributed by atoms with Crippen LogP contribution in [0.15, 0.2) is 34.7 Å². The van der Waals surface area contributed by atoms with E-state index >= 15 is 0 Å². The van der Waals surface area contributed by atoms with Crippen LogP contribution < -0.4 is 11.1 Å². The van der Waals surface area contributed by atoms with Crippen LogP contribution in [0.2, 0.25) is 0 Å². The number of aldehydes is 1. The van der Waals surface area contributed by atoms with Crippen LogP contribution in [0.4, 0.5) is 0 Å². The van der Waals surface area contributed by atoms with Gasteiger partial charge in [0.05, 0.1) is 6.04 Å². The third-order valence-corrected chi connectivity index (χ3v) is 6.15. The summed E-state index contributed by atoms with van der Waals surface area (Å²) in [4.78, 5) is 39.7. The molecule has 1 fully saturated rings. The molecule has 3 rings (SSSR count). The monoisotopic (exact) mass is 455 g/mol. The molecule has 0 spiro atoms. The van der Waals surface area contributed by atoms with Crippen LogP contribution in [-0.4, -0.2) is 57.9 Å². The molecular weight excluding hydrogens is 422 g/mol. The Hall–Kier alpha value is -3.07. The molecule has 9 nitrogen and oxygen atoms in total. The molecule has 2 amide bonds. The second kappa shape index (κ2) is 10.7. The molecule has 0 saturated carbocycles. The first-order chi connectivity index (χ1) is 15.7. The van der Waals surface area contributed by atoms with E-state index in [1.165, 1.54) is 0 Å². The predicted molar refractivity (Wildman–Crippen MR) is 123 cm³/mol. The van der Waals surface area contributed by atoms with Crippen LogP contribution in [0.1, 0.15) is 52.3 Å². The molecule has 178 valence electrons. The number of amides is 2. The van der Waals surface area contributed by atoms with Gasteiger partial charge in [0, 0.05) is 18.2 Å². The van der Waals surface area contributed by atoms with E-state index in [4.69, 9.17) is 10.2 Å². The van der Waals surface area contributed by atoms with Crippen LogP contribution in [0.5, 0.6) is 0 Å². The maximum atomic E-state index is 13.2. The lowest BCUT2D eigenvalue weighted by Crippen LogP contribution is -2.55. The second-order valence-electron chi connectivity index (χ2n) is 9.21. The number of carbonyl (C=O) groups is 3. The highest BCUT2D eigenvalue weighted by Crippen LogP contribution is 2.27. The fraction of sp³-hybridized carbons (Fsp3) is 0.542. The summed E-state index contributed by atoms with van der Waals surface area (Å²) in [6, 6.07) is 7.42. The minimum absolute atomic E-state index is 0.0268. The Morgan fingerprint density at radius 1 is 1.15 bits per heavy atom. The Morgan fingerprint density at radius 2 is 1.85 bits per heavy atom. The predicted octanol–water partition coefficient (Wildman–Crippen LogP) is 2.13. The summed E-state index contributed by atoms with van der Waals surface area (Å²) in [5.74, 6) is -1.01. The summed E-state index contributed by atoms with van der Waals surface area (Å²) >= 11 is 0.